The monoisotopic (exact) mass is 476 g/mol. The second-order valence-corrected chi connectivity index (χ2v) is 10.0. The normalized spacial score (nSPS) is 23.5. The Kier molecular flexibility index (Phi) is 7.02. The number of amides is 2. The standard InChI is InChI=1S/C27H36N6O2/c1-19-6-5-8-25(20(19)2)31-14-16-33(17-15-31)26(34)21-9-12-32(13-10-21)27(35)24-18-23(29-30-24)22-7-3-4-11-28-22/h3-8,11,21,23-24,29-30H,9-10,12-18H2,1-2H3. The maximum Gasteiger partial charge on any atom is 0.241 e. The molecular formula is C27H36N6O2. The first kappa shape index (κ1) is 23.8. The Labute approximate surface area is 207 Å². The number of likely N-dealkylation sites (tertiary alicyclic amines) is 1. The van der Waals surface area contributed by atoms with E-state index in [1.54, 1.807) is 6.20 Å². The summed E-state index contributed by atoms with van der Waals surface area (Å²) in [5.74, 6) is 0.389. The van der Waals surface area contributed by atoms with Crippen LogP contribution in [0.3, 0.4) is 0 Å². The van der Waals surface area contributed by atoms with Crippen molar-refractivity contribution in [2.45, 2.75) is 45.2 Å². The van der Waals surface area contributed by atoms with Crippen LogP contribution in [-0.2, 0) is 9.59 Å². The molecule has 8 heteroatoms. The average Bonchev–Trinajstić information content (AvgIpc) is 3.41. The van der Waals surface area contributed by atoms with E-state index in [0.717, 1.165) is 44.7 Å². The van der Waals surface area contributed by atoms with Gasteiger partial charge in [-0.25, -0.2) is 10.9 Å². The van der Waals surface area contributed by atoms with Crippen LogP contribution in [0.4, 0.5) is 5.69 Å². The van der Waals surface area contributed by atoms with Crippen molar-refractivity contribution in [2.75, 3.05) is 44.2 Å². The average molecular weight is 477 g/mol. The quantitative estimate of drug-likeness (QED) is 0.704. The molecule has 2 amide bonds. The van der Waals surface area contributed by atoms with Crippen molar-refractivity contribution in [1.29, 1.82) is 0 Å². The molecule has 2 atom stereocenters. The lowest BCUT2D eigenvalue weighted by molar-refractivity contribution is -0.141. The van der Waals surface area contributed by atoms with Crippen LogP contribution < -0.4 is 15.8 Å². The Balaban J connectivity index is 1.09. The second kappa shape index (κ2) is 10.3. The maximum atomic E-state index is 13.2. The van der Waals surface area contributed by atoms with Gasteiger partial charge in [-0.1, -0.05) is 18.2 Å². The summed E-state index contributed by atoms with van der Waals surface area (Å²) in [6.07, 6.45) is 3.94. The Morgan fingerprint density at radius 1 is 0.857 bits per heavy atom. The van der Waals surface area contributed by atoms with E-state index in [2.05, 4.69) is 52.8 Å². The van der Waals surface area contributed by atoms with Crippen LogP contribution in [0.5, 0.6) is 0 Å². The minimum Gasteiger partial charge on any atom is -0.368 e. The fraction of sp³-hybridized carbons (Fsp3) is 0.519. The first-order chi connectivity index (χ1) is 17.0. The molecule has 4 heterocycles. The van der Waals surface area contributed by atoms with Gasteiger partial charge in [0.25, 0.3) is 0 Å². The van der Waals surface area contributed by atoms with E-state index >= 15 is 0 Å². The molecule has 8 nitrogen and oxygen atoms in total. The van der Waals surface area contributed by atoms with Crippen molar-refractivity contribution < 1.29 is 9.59 Å². The number of pyridine rings is 1. The molecule has 0 bridgehead atoms. The molecule has 2 aromatic rings. The lowest BCUT2D eigenvalue weighted by Crippen LogP contribution is -2.53. The van der Waals surface area contributed by atoms with Crippen LogP contribution in [0, 0.1) is 19.8 Å². The largest absolute Gasteiger partial charge is 0.368 e. The number of hydrazine groups is 1. The van der Waals surface area contributed by atoms with E-state index in [9.17, 15) is 9.59 Å². The number of nitrogens with zero attached hydrogens (tertiary/aromatic N) is 4. The molecule has 3 fully saturated rings. The number of benzene rings is 1. The van der Waals surface area contributed by atoms with E-state index in [4.69, 9.17) is 0 Å². The molecule has 3 aliphatic heterocycles. The Hall–Kier alpha value is -2.97. The number of hydrogen-bond acceptors (Lipinski definition) is 6. The third kappa shape index (κ3) is 5.04. The molecule has 0 spiro atoms. The van der Waals surface area contributed by atoms with Crippen molar-refractivity contribution in [2.24, 2.45) is 5.92 Å². The Morgan fingerprint density at radius 2 is 1.60 bits per heavy atom. The highest BCUT2D eigenvalue weighted by Crippen LogP contribution is 2.27. The zero-order valence-electron chi connectivity index (χ0n) is 20.7. The molecule has 0 saturated carbocycles. The molecule has 2 unspecified atom stereocenters. The smallest absolute Gasteiger partial charge is 0.241 e. The minimum absolute atomic E-state index is 0.0160. The number of anilines is 1. The summed E-state index contributed by atoms with van der Waals surface area (Å²) in [7, 11) is 0. The zero-order chi connectivity index (χ0) is 24.4. The molecule has 5 rings (SSSR count). The fourth-order valence-corrected chi connectivity index (χ4v) is 5.57. The SMILES string of the molecule is Cc1cccc(N2CCN(C(=O)C3CCN(C(=O)C4CC(c5ccccn5)NN4)CC3)CC2)c1C. The van der Waals surface area contributed by atoms with Crippen LogP contribution in [0.1, 0.15) is 42.1 Å². The predicted octanol–water partition coefficient (Wildman–Crippen LogP) is 2.19. The number of nitrogens with one attached hydrogen (secondary N) is 2. The summed E-state index contributed by atoms with van der Waals surface area (Å²) in [6.45, 7) is 8.86. The molecule has 0 aliphatic carbocycles. The van der Waals surface area contributed by atoms with Crippen molar-refractivity contribution in [3.05, 3.63) is 59.4 Å². The van der Waals surface area contributed by atoms with Gasteiger partial charge in [-0.2, -0.15) is 0 Å². The van der Waals surface area contributed by atoms with Crippen LogP contribution in [0.25, 0.3) is 0 Å². The third-order valence-electron chi connectivity index (χ3n) is 7.91. The van der Waals surface area contributed by atoms with Crippen LogP contribution in [-0.4, -0.2) is 71.9 Å². The first-order valence-electron chi connectivity index (χ1n) is 12.8. The van der Waals surface area contributed by atoms with Crippen molar-refractivity contribution >= 4 is 17.5 Å². The van der Waals surface area contributed by atoms with E-state index in [1.165, 1.54) is 16.8 Å². The van der Waals surface area contributed by atoms with Crippen molar-refractivity contribution in [3.63, 3.8) is 0 Å². The third-order valence-corrected chi connectivity index (χ3v) is 7.91. The highest BCUT2D eigenvalue weighted by Gasteiger charge is 2.37. The van der Waals surface area contributed by atoms with Gasteiger partial charge >= 0.3 is 0 Å². The fourth-order valence-electron chi connectivity index (χ4n) is 5.57. The van der Waals surface area contributed by atoms with Gasteiger partial charge in [0.1, 0.15) is 6.04 Å². The lowest BCUT2D eigenvalue weighted by Gasteiger charge is -2.40. The number of piperidine rings is 1. The number of aryl methyl sites for hydroxylation is 1. The van der Waals surface area contributed by atoms with Crippen molar-refractivity contribution in [1.82, 2.24) is 25.6 Å². The first-order valence-corrected chi connectivity index (χ1v) is 12.8. The second-order valence-electron chi connectivity index (χ2n) is 10.0. The Morgan fingerprint density at radius 3 is 2.31 bits per heavy atom. The van der Waals surface area contributed by atoms with Gasteiger partial charge < -0.3 is 14.7 Å². The van der Waals surface area contributed by atoms with E-state index < -0.39 is 0 Å². The summed E-state index contributed by atoms with van der Waals surface area (Å²) in [5, 5.41) is 0. The molecule has 3 saturated heterocycles. The van der Waals surface area contributed by atoms with E-state index in [-0.39, 0.29) is 29.8 Å². The van der Waals surface area contributed by atoms with Gasteiger partial charge in [-0.05, 0) is 62.4 Å². The Bertz CT molecular complexity index is 1040. The lowest BCUT2D eigenvalue weighted by atomic mass is 9.94. The summed E-state index contributed by atoms with van der Waals surface area (Å²) >= 11 is 0. The molecule has 1 aromatic heterocycles. The summed E-state index contributed by atoms with van der Waals surface area (Å²) in [5.41, 5.74) is 11.2. The molecule has 1 aromatic carbocycles. The summed E-state index contributed by atoms with van der Waals surface area (Å²) in [6, 6.07) is 12.0. The molecule has 2 N–H and O–H groups in total. The number of rotatable bonds is 4. The molecule has 0 radical (unpaired) electrons. The van der Waals surface area contributed by atoms with Crippen molar-refractivity contribution in [3.8, 4) is 0 Å². The highest BCUT2D eigenvalue weighted by molar-refractivity contribution is 5.83. The number of hydrogen-bond donors (Lipinski definition) is 2. The minimum atomic E-state index is -0.257. The van der Waals surface area contributed by atoms with Gasteiger partial charge in [0.05, 0.1) is 11.7 Å². The van der Waals surface area contributed by atoms with Gasteiger partial charge in [-0.3, -0.25) is 14.6 Å². The number of carbonyl (C=O) groups is 2. The number of carbonyl (C=O) groups excluding carboxylic acids is 2. The molecule has 186 valence electrons. The number of aromatic nitrogens is 1. The van der Waals surface area contributed by atoms with E-state index in [1.807, 2.05) is 28.0 Å². The van der Waals surface area contributed by atoms with Crippen LogP contribution >= 0.6 is 0 Å². The zero-order valence-corrected chi connectivity index (χ0v) is 20.7. The van der Waals surface area contributed by atoms with Gasteiger partial charge in [-0.15, -0.1) is 0 Å². The van der Waals surface area contributed by atoms with Gasteiger partial charge in [0.15, 0.2) is 0 Å². The van der Waals surface area contributed by atoms with Crippen LogP contribution in [0.15, 0.2) is 42.6 Å². The molecular weight excluding hydrogens is 440 g/mol. The van der Waals surface area contributed by atoms with Gasteiger partial charge in [0.2, 0.25) is 11.8 Å². The summed E-state index contributed by atoms with van der Waals surface area (Å²) in [4.78, 5) is 37.1. The predicted molar refractivity (Wildman–Crippen MR) is 136 cm³/mol. The topological polar surface area (TPSA) is 80.8 Å². The number of piperazine rings is 1. The van der Waals surface area contributed by atoms with E-state index in [0.29, 0.717) is 19.5 Å². The summed E-state index contributed by atoms with van der Waals surface area (Å²) < 4.78 is 0. The highest BCUT2D eigenvalue weighted by atomic mass is 16.2. The molecule has 35 heavy (non-hydrogen) atoms. The van der Waals surface area contributed by atoms with Crippen LogP contribution in [0.2, 0.25) is 0 Å². The molecule has 3 aliphatic rings. The van der Waals surface area contributed by atoms with Gasteiger partial charge in [0, 0.05) is 57.1 Å². The maximum absolute atomic E-state index is 13.2.